The average molecular weight is 114 g/mol. The van der Waals surface area contributed by atoms with Crippen molar-refractivity contribution in [2.75, 3.05) is 6.54 Å². The number of nitriles is 1. The molecule has 3 heteroatoms. The van der Waals surface area contributed by atoms with Crippen molar-refractivity contribution >= 4 is 0 Å². The van der Waals surface area contributed by atoms with Crippen molar-refractivity contribution in [3.05, 3.63) is 0 Å². The van der Waals surface area contributed by atoms with E-state index in [0.717, 1.165) is 6.42 Å². The topological polar surface area (TPSA) is 27.0 Å². The monoisotopic (exact) mass is 114 g/mol. The van der Waals surface area contributed by atoms with Gasteiger partial charge >= 0.3 is 0 Å². The van der Waals surface area contributed by atoms with Crippen molar-refractivity contribution in [1.29, 1.82) is 5.26 Å². The second-order valence-corrected chi connectivity index (χ2v) is 1.87. The summed E-state index contributed by atoms with van der Waals surface area (Å²) in [6, 6.07) is 0. The van der Waals surface area contributed by atoms with Gasteiger partial charge in [0.25, 0.3) is 0 Å². The summed E-state index contributed by atoms with van der Waals surface area (Å²) >= 11 is 0. The van der Waals surface area contributed by atoms with Gasteiger partial charge in [0, 0.05) is 6.54 Å². The third kappa shape index (κ3) is 0.738. The highest BCUT2D eigenvalue weighted by atomic mass is 19.1. The molecular formula is C5H7FN2. The molecule has 0 radical (unpaired) electrons. The Balaban J connectivity index is 2.45. The van der Waals surface area contributed by atoms with Crippen molar-refractivity contribution in [3.63, 3.8) is 0 Å². The van der Waals surface area contributed by atoms with Crippen molar-refractivity contribution < 1.29 is 4.39 Å². The molecule has 8 heavy (non-hydrogen) atoms. The van der Waals surface area contributed by atoms with E-state index < -0.39 is 6.30 Å². The fourth-order valence-corrected chi connectivity index (χ4v) is 0.839. The molecule has 0 saturated carbocycles. The SMILES string of the molecule is N#CN1CCCC1F. The lowest BCUT2D eigenvalue weighted by atomic mass is 10.4. The van der Waals surface area contributed by atoms with Crippen molar-refractivity contribution in [2.45, 2.75) is 19.1 Å². The van der Waals surface area contributed by atoms with Gasteiger partial charge < -0.3 is 0 Å². The molecule has 1 atom stereocenters. The molecule has 1 aliphatic heterocycles. The van der Waals surface area contributed by atoms with E-state index in [4.69, 9.17) is 5.26 Å². The van der Waals surface area contributed by atoms with E-state index >= 15 is 0 Å². The maximum atomic E-state index is 12.3. The van der Waals surface area contributed by atoms with Crippen LogP contribution in [0.15, 0.2) is 0 Å². The van der Waals surface area contributed by atoms with Gasteiger partial charge in [-0.25, -0.2) is 4.39 Å². The molecule has 0 bridgehead atoms. The zero-order valence-electron chi connectivity index (χ0n) is 4.47. The standard InChI is InChI=1S/C5H7FN2/c6-5-2-1-3-8(5)4-7/h5H,1-3H2. The predicted molar refractivity (Wildman–Crippen MR) is 26.4 cm³/mol. The molecule has 0 spiro atoms. The van der Waals surface area contributed by atoms with E-state index in [1.807, 2.05) is 0 Å². The molecule has 0 aromatic carbocycles. The number of nitrogens with zero attached hydrogens (tertiary/aromatic N) is 2. The molecule has 1 unspecified atom stereocenters. The average Bonchev–Trinajstić information content (AvgIpc) is 2.14. The minimum absolute atomic E-state index is 0.521. The molecule has 2 nitrogen and oxygen atoms in total. The smallest absolute Gasteiger partial charge is 0.181 e. The lowest BCUT2D eigenvalue weighted by Crippen LogP contribution is -2.18. The Bertz CT molecular complexity index is 118. The quantitative estimate of drug-likeness (QED) is 0.345. The fourth-order valence-electron chi connectivity index (χ4n) is 0.839. The lowest BCUT2D eigenvalue weighted by molar-refractivity contribution is 0.188. The van der Waals surface area contributed by atoms with Crippen LogP contribution >= 0.6 is 0 Å². The summed E-state index contributed by atoms with van der Waals surface area (Å²) in [5, 5.41) is 8.17. The zero-order valence-corrected chi connectivity index (χ0v) is 4.47. The largest absolute Gasteiger partial charge is 0.279 e. The molecule has 0 aromatic heterocycles. The first-order chi connectivity index (χ1) is 3.84. The summed E-state index contributed by atoms with van der Waals surface area (Å²) < 4.78 is 12.3. The summed E-state index contributed by atoms with van der Waals surface area (Å²) in [5.74, 6) is 0. The van der Waals surface area contributed by atoms with Crippen LogP contribution in [0.5, 0.6) is 0 Å². The third-order valence-corrected chi connectivity index (χ3v) is 1.31. The van der Waals surface area contributed by atoms with Crippen molar-refractivity contribution in [2.24, 2.45) is 0 Å². The van der Waals surface area contributed by atoms with Crippen LogP contribution in [0.4, 0.5) is 4.39 Å². The first kappa shape index (κ1) is 5.36. The Morgan fingerprint density at radius 1 is 1.75 bits per heavy atom. The second-order valence-electron chi connectivity index (χ2n) is 1.87. The highest BCUT2D eigenvalue weighted by Crippen LogP contribution is 2.15. The molecule has 1 rings (SSSR count). The minimum atomic E-state index is -1.00. The van der Waals surface area contributed by atoms with E-state index in [-0.39, 0.29) is 0 Å². The van der Waals surface area contributed by atoms with Gasteiger partial charge in [-0.05, 0) is 12.8 Å². The first-order valence-electron chi connectivity index (χ1n) is 2.65. The molecule has 1 saturated heterocycles. The summed E-state index contributed by atoms with van der Waals surface area (Å²) in [6.45, 7) is 0.595. The molecular weight excluding hydrogens is 107 g/mol. The highest BCUT2D eigenvalue weighted by molar-refractivity contribution is 4.81. The lowest BCUT2D eigenvalue weighted by Gasteiger charge is -2.06. The summed E-state index contributed by atoms with van der Waals surface area (Å²) in [7, 11) is 0. The zero-order chi connectivity index (χ0) is 5.98. The van der Waals surface area contributed by atoms with Crippen LogP contribution < -0.4 is 0 Å². The fraction of sp³-hybridized carbons (Fsp3) is 0.800. The molecule has 44 valence electrons. The normalized spacial score (nSPS) is 28.0. The maximum absolute atomic E-state index is 12.3. The maximum Gasteiger partial charge on any atom is 0.181 e. The van der Waals surface area contributed by atoms with Crippen molar-refractivity contribution in [1.82, 2.24) is 4.90 Å². The van der Waals surface area contributed by atoms with E-state index in [1.54, 1.807) is 6.19 Å². The molecule has 0 aromatic rings. The Morgan fingerprint density at radius 3 is 2.75 bits per heavy atom. The number of alkyl halides is 1. The Labute approximate surface area is 47.5 Å². The van der Waals surface area contributed by atoms with E-state index in [1.165, 1.54) is 4.90 Å². The number of rotatable bonds is 0. The molecule has 1 fully saturated rings. The number of halogens is 1. The highest BCUT2D eigenvalue weighted by Gasteiger charge is 2.21. The van der Waals surface area contributed by atoms with Crippen LogP contribution in [0.3, 0.4) is 0 Å². The van der Waals surface area contributed by atoms with Crippen LogP contribution in [0.2, 0.25) is 0 Å². The second kappa shape index (κ2) is 1.99. The molecule has 1 heterocycles. The van der Waals surface area contributed by atoms with Gasteiger partial charge in [0.15, 0.2) is 12.5 Å². The van der Waals surface area contributed by atoms with Gasteiger partial charge in [0.1, 0.15) is 0 Å². The van der Waals surface area contributed by atoms with Gasteiger partial charge in [-0.3, -0.25) is 4.90 Å². The van der Waals surface area contributed by atoms with Gasteiger partial charge in [0.05, 0.1) is 0 Å². The Kier molecular flexibility index (Phi) is 1.34. The minimum Gasteiger partial charge on any atom is -0.279 e. The van der Waals surface area contributed by atoms with Crippen LogP contribution in [0.1, 0.15) is 12.8 Å². The van der Waals surface area contributed by atoms with Crippen LogP contribution in [0.25, 0.3) is 0 Å². The first-order valence-corrected chi connectivity index (χ1v) is 2.65. The van der Waals surface area contributed by atoms with Crippen molar-refractivity contribution in [3.8, 4) is 6.19 Å². The van der Waals surface area contributed by atoms with Gasteiger partial charge in [-0.2, -0.15) is 5.26 Å². The van der Waals surface area contributed by atoms with Crippen LogP contribution in [-0.2, 0) is 0 Å². The van der Waals surface area contributed by atoms with E-state index in [0.29, 0.717) is 13.0 Å². The van der Waals surface area contributed by atoms with Crippen LogP contribution in [0, 0.1) is 11.5 Å². The molecule has 0 aliphatic carbocycles. The Morgan fingerprint density at radius 2 is 2.50 bits per heavy atom. The molecule has 0 N–H and O–H groups in total. The predicted octanol–water partition coefficient (Wildman–Crippen LogP) is 0.859. The van der Waals surface area contributed by atoms with Gasteiger partial charge in [-0.15, -0.1) is 0 Å². The van der Waals surface area contributed by atoms with Gasteiger partial charge in [0.2, 0.25) is 0 Å². The summed E-state index contributed by atoms with van der Waals surface area (Å²) in [4.78, 5) is 1.17. The number of likely N-dealkylation sites (tertiary alicyclic amines) is 1. The van der Waals surface area contributed by atoms with Gasteiger partial charge in [-0.1, -0.05) is 0 Å². The number of hydrogen-bond acceptors (Lipinski definition) is 2. The molecule has 0 amide bonds. The van der Waals surface area contributed by atoms with E-state index in [2.05, 4.69) is 0 Å². The summed E-state index contributed by atoms with van der Waals surface area (Å²) in [5.41, 5.74) is 0. The Hall–Kier alpha value is -0.780. The van der Waals surface area contributed by atoms with E-state index in [9.17, 15) is 4.39 Å². The number of hydrogen-bond donors (Lipinski definition) is 0. The third-order valence-electron chi connectivity index (χ3n) is 1.31. The summed E-state index contributed by atoms with van der Waals surface area (Å²) in [6.07, 6.45) is 2.11. The molecule has 1 aliphatic rings. The van der Waals surface area contributed by atoms with Crippen LogP contribution in [-0.4, -0.2) is 17.7 Å².